The Labute approximate surface area is 262 Å². The summed E-state index contributed by atoms with van der Waals surface area (Å²) in [6, 6.07) is 26.1. The van der Waals surface area contributed by atoms with Crippen molar-refractivity contribution in [3.05, 3.63) is 130 Å². The summed E-state index contributed by atoms with van der Waals surface area (Å²) in [5.41, 5.74) is 7.82. The molecular weight excluding hydrogens is 564 g/mol. The summed E-state index contributed by atoms with van der Waals surface area (Å²) in [7, 11) is 0. The van der Waals surface area contributed by atoms with Crippen molar-refractivity contribution in [1.82, 2.24) is 20.1 Å². The average molecular weight is 601 g/mol. The molecule has 0 radical (unpaired) electrons. The van der Waals surface area contributed by atoms with Crippen LogP contribution in [-0.4, -0.2) is 39.1 Å². The molecule has 0 unspecified atom stereocenters. The number of fused-ring (bicyclic) bond motifs is 6. The Morgan fingerprint density at radius 3 is 2.09 bits per heavy atom. The number of carbonyl (C=O) groups is 1. The normalized spacial score (nSPS) is 14.1. The molecule has 2 aliphatic heterocycles. The summed E-state index contributed by atoms with van der Waals surface area (Å²) in [6.07, 6.45) is 1.86. The third kappa shape index (κ3) is 4.71. The summed E-state index contributed by atoms with van der Waals surface area (Å²) in [6.45, 7) is 10.5. The molecule has 45 heavy (non-hydrogen) atoms. The molecule has 228 valence electrons. The Bertz CT molecular complexity index is 1840. The first-order valence-electron chi connectivity index (χ1n) is 15.4. The zero-order chi connectivity index (χ0) is 31.1. The highest BCUT2D eigenvalue weighted by molar-refractivity contribution is 6.01. The Hall–Kier alpha value is -5.15. The van der Waals surface area contributed by atoms with Crippen LogP contribution in [0.2, 0.25) is 0 Å². The van der Waals surface area contributed by atoms with Gasteiger partial charge in [0.2, 0.25) is 0 Å². The SMILES string of the molecule is CCNc1cc2c(cc1C)C1(c3cc(C)c(NCC)cc3O2)c2ccccc2C(=O)N1OCc1cn(Cc2ccccc2)nn1. The number of hydrogen-bond donors (Lipinski definition) is 2. The van der Waals surface area contributed by atoms with Crippen LogP contribution >= 0.6 is 0 Å². The Kier molecular flexibility index (Phi) is 7.25. The number of nitrogens with zero attached hydrogens (tertiary/aromatic N) is 4. The first-order valence-corrected chi connectivity index (χ1v) is 15.4. The zero-order valence-electron chi connectivity index (χ0n) is 25.9. The van der Waals surface area contributed by atoms with Gasteiger partial charge in [0, 0.05) is 58.9 Å². The van der Waals surface area contributed by atoms with Crippen molar-refractivity contribution < 1.29 is 14.4 Å². The van der Waals surface area contributed by atoms with Crippen LogP contribution in [0.3, 0.4) is 0 Å². The minimum absolute atomic E-state index is 0.0602. The van der Waals surface area contributed by atoms with Gasteiger partial charge in [-0.3, -0.25) is 9.63 Å². The minimum atomic E-state index is -1.10. The minimum Gasteiger partial charge on any atom is -0.456 e. The van der Waals surface area contributed by atoms with E-state index in [-0.39, 0.29) is 12.5 Å². The molecule has 2 N–H and O–H groups in total. The molecule has 9 nitrogen and oxygen atoms in total. The van der Waals surface area contributed by atoms with Crippen molar-refractivity contribution in [2.45, 2.75) is 46.4 Å². The van der Waals surface area contributed by atoms with E-state index in [1.165, 1.54) is 5.06 Å². The van der Waals surface area contributed by atoms with Crippen LogP contribution < -0.4 is 15.4 Å². The smallest absolute Gasteiger partial charge is 0.279 e. The molecule has 5 aromatic rings. The highest BCUT2D eigenvalue weighted by atomic mass is 16.7. The van der Waals surface area contributed by atoms with E-state index >= 15 is 0 Å². The second kappa shape index (κ2) is 11.4. The zero-order valence-corrected chi connectivity index (χ0v) is 25.9. The highest BCUT2D eigenvalue weighted by Gasteiger charge is 2.58. The maximum Gasteiger partial charge on any atom is 0.279 e. The lowest BCUT2D eigenvalue weighted by atomic mass is 9.74. The van der Waals surface area contributed by atoms with Crippen molar-refractivity contribution in [2.75, 3.05) is 23.7 Å². The average Bonchev–Trinajstić information content (AvgIpc) is 3.59. The second-order valence-electron chi connectivity index (χ2n) is 11.5. The fourth-order valence-electron chi connectivity index (χ4n) is 6.54. The number of rotatable bonds is 9. The maximum atomic E-state index is 14.4. The number of hydrogen-bond acceptors (Lipinski definition) is 7. The van der Waals surface area contributed by atoms with Crippen molar-refractivity contribution >= 4 is 17.3 Å². The number of aryl methyl sites for hydroxylation is 2. The van der Waals surface area contributed by atoms with Gasteiger partial charge in [0.05, 0.1) is 12.7 Å². The Morgan fingerprint density at radius 1 is 0.822 bits per heavy atom. The monoisotopic (exact) mass is 600 g/mol. The molecule has 9 heteroatoms. The molecule has 3 heterocycles. The first kappa shape index (κ1) is 28.6. The van der Waals surface area contributed by atoms with Gasteiger partial charge in [0.1, 0.15) is 23.8 Å². The molecule has 2 aliphatic rings. The van der Waals surface area contributed by atoms with Crippen molar-refractivity contribution in [3.63, 3.8) is 0 Å². The van der Waals surface area contributed by atoms with E-state index in [0.29, 0.717) is 29.3 Å². The fraction of sp³-hybridized carbons (Fsp3) is 0.250. The third-order valence-corrected chi connectivity index (χ3v) is 8.54. The van der Waals surface area contributed by atoms with Crippen molar-refractivity contribution in [1.29, 1.82) is 0 Å². The van der Waals surface area contributed by atoms with Crippen molar-refractivity contribution in [2.24, 2.45) is 0 Å². The number of amides is 1. The topological polar surface area (TPSA) is 93.5 Å². The standard InChI is InChI=1S/C36H36N6O3/c1-5-37-31-18-33-29(16-23(31)3)36(30-17-24(4)32(38-6-2)19-34(30)45-33)28-15-11-10-14-27(28)35(43)42(36)44-22-26-21-41(40-39-26)20-25-12-8-7-9-13-25/h7-19,21,37-38H,5-6,20,22H2,1-4H3. The molecule has 0 aliphatic carbocycles. The summed E-state index contributed by atoms with van der Waals surface area (Å²) in [4.78, 5) is 20.9. The maximum absolute atomic E-state index is 14.4. The molecule has 1 aromatic heterocycles. The van der Waals surface area contributed by atoms with Gasteiger partial charge < -0.3 is 15.4 Å². The van der Waals surface area contributed by atoms with E-state index in [0.717, 1.165) is 57.8 Å². The van der Waals surface area contributed by atoms with Gasteiger partial charge in [-0.1, -0.05) is 53.7 Å². The van der Waals surface area contributed by atoms with E-state index in [1.54, 1.807) is 4.68 Å². The molecule has 4 aromatic carbocycles. The largest absolute Gasteiger partial charge is 0.456 e. The molecule has 0 fully saturated rings. The molecule has 1 amide bonds. The second-order valence-corrected chi connectivity index (χ2v) is 11.5. The fourth-order valence-corrected chi connectivity index (χ4v) is 6.54. The van der Waals surface area contributed by atoms with Gasteiger partial charge in [0.15, 0.2) is 5.54 Å². The van der Waals surface area contributed by atoms with Crippen LogP contribution in [0.25, 0.3) is 0 Å². The Morgan fingerprint density at radius 2 is 1.44 bits per heavy atom. The lowest BCUT2D eigenvalue weighted by molar-refractivity contribution is -0.171. The van der Waals surface area contributed by atoms with Gasteiger partial charge in [-0.25, -0.2) is 4.68 Å². The van der Waals surface area contributed by atoms with Crippen LogP contribution in [0, 0.1) is 13.8 Å². The number of ether oxygens (including phenoxy) is 1. The molecular formula is C36H36N6O3. The summed E-state index contributed by atoms with van der Waals surface area (Å²) in [5, 5.41) is 17.1. The van der Waals surface area contributed by atoms with Crippen LogP contribution in [0.15, 0.2) is 85.1 Å². The van der Waals surface area contributed by atoms with E-state index in [1.807, 2.05) is 60.8 Å². The van der Waals surface area contributed by atoms with E-state index in [2.05, 4.69) is 72.9 Å². The number of anilines is 2. The van der Waals surface area contributed by atoms with Crippen LogP contribution in [0.4, 0.5) is 11.4 Å². The van der Waals surface area contributed by atoms with Gasteiger partial charge in [-0.15, -0.1) is 5.10 Å². The molecule has 0 atom stereocenters. The van der Waals surface area contributed by atoms with Gasteiger partial charge in [-0.05, 0) is 62.6 Å². The summed E-state index contributed by atoms with van der Waals surface area (Å²) in [5.74, 6) is 1.12. The number of nitrogens with one attached hydrogen (secondary N) is 2. The lowest BCUT2D eigenvalue weighted by Gasteiger charge is -2.43. The van der Waals surface area contributed by atoms with Crippen molar-refractivity contribution in [3.8, 4) is 11.5 Å². The third-order valence-electron chi connectivity index (χ3n) is 8.54. The lowest BCUT2D eigenvalue weighted by Crippen LogP contribution is -2.47. The van der Waals surface area contributed by atoms with Gasteiger partial charge in [0.25, 0.3) is 5.91 Å². The number of hydroxylamine groups is 2. The summed E-state index contributed by atoms with van der Waals surface area (Å²) >= 11 is 0. The first-order chi connectivity index (χ1) is 21.9. The molecule has 7 rings (SSSR count). The predicted molar refractivity (Wildman–Crippen MR) is 174 cm³/mol. The van der Waals surface area contributed by atoms with Crippen LogP contribution in [0.5, 0.6) is 11.5 Å². The Balaban J connectivity index is 1.37. The van der Waals surface area contributed by atoms with E-state index in [9.17, 15) is 4.79 Å². The quantitative estimate of drug-likeness (QED) is 0.192. The van der Waals surface area contributed by atoms with Crippen LogP contribution in [0.1, 0.15) is 63.3 Å². The number of aromatic nitrogens is 3. The molecule has 0 saturated heterocycles. The van der Waals surface area contributed by atoms with Gasteiger partial charge in [-0.2, -0.15) is 5.06 Å². The molecule has 1 spiro atoms. The predicted octanol–water partition coefficient (Wildman–Crippen LogP) is 6.79. The van der Waals surface area contributed by atoms with E-state index in [4.69, 9.17) is 9.57 Å². The van der Waals surface area contributed by atoms with Gasteiger partial charge >= 0.3 is 0 Å². The summed E-state index contributed by atoms with van der Waals surface area (Å²) < 4.78 is 8.45. The van der Waals surface area contributed by atoms with E-state index < -0.39 is 5.54 Å². The molecule has 0 saturated carbocycles. The molecule has 0 bridgehead atoms. The number of carbonyl (C=O) groups excluding carboxylic acids is 1. The van der Waals surface area contributed by atoms with Crippen LogP contribution in [-0.2, 0) is 23.5 Å². The number of benzene rings is 4. The highest BCUT2D eigenvalue weighted by Crippen LogP contribution is 2.59.